The van der Waals surface area contributed by atoms with Crippen molar-refractivity contribution in [2.75, 3.05) is 4.90 Å². The number of thiazole rings is 1. The first-order valence-electron chi connectivity index (χ1n) is 11.8. The Labute approximate surface area is 211 Å². The first-order chi connectivity index (χ1) is 17.4. The van der Waals surface area contributed by atoms with Crippen molar-refractivity contribution in [1.29, 1.82) is 0 Å². The van der Waals surface area contributed by atoms with Crippen molar-refractivity contribution >= 4 is 45.0 Å². The van der Waals surface area contributed by atoms with E-state index in [4.69, 9.17) is 4.98 Å². The molecule has 2 heterocycles. The number of hydrogen-bond acceptors (Lipinski definition) is 5. The molecule has 0 spiro atoms. The minimum absolute atomic E-state index is 0.0682. The van der Waals surface area contributed by atoms with Crippen LogP contribution in [0.4, 0.5) is 10.1 Å². The molecular formula is C28H22FN3O3S. The molecule has 180 valence electrons. The van der Waals surface area contributed by atoms with Gasteiger partial charge in [-0.25, -0.2) is 14.3 Å². The highest BCUT2D eigenvalue weighted by atomic mass is 32.1. The molecule has 1 saturated carbocycles. The van der Waals surface area contributed by atoms with E-state index >= 15 is 0 Å². The number of benzene rings is 3. The highest BCUT2D eigenvalue weighted by Crippen LogP contribution is 2.36. The zero-order valence-electron chi connectivity index (χ0n) is 19.5. The van der Waals surface area contributed by atoms with Crippen LogP contribution in [0.5, 0.6) is 0 Å². The highest BCUT2D eigenvalue weighted by Gasteiger charge is 2.48. The summed E-state index contributed by atoms with van der Waals surface area (Å²) in [5.74, 6) is -1.55. The van der Waals surface area contributed by atoms with Gasteiger partial charge in [-0.15, -0.1) is 11.3 Å². The molecule has 3 amide bonds. The third kappa shape index (κ3) is 3.97. The normalized spacial score (nSPS) is 17.7. The van der Waals surface area contributed by atoms with Gasteiger partial charge in [0.1, 0.15) is 16.9 Å². The molecule has 1 saturated heterocycles. The summed E-state index contributed by atoms with van der Waals surface area (Å²) in [6, 6.07) is 17.6. The molecule has 6 rings (SSSR count). The number of carbonyl (C=O) groups excluding carboxylic acids is 3. The molecule has 2 aliphatic rings. The number of aromatic nitrogens is 1. The van der Waals surface area contributed by atoms with Gasteiger partial charge in [0.2, 0.25) is 5.91 Å². The van der Waals surface area contributed by atoms with Crippen LogP contribution in [-0.2, 0) is 9.59 Å². The fourth-order valence-corrected chi connectivity index (χ4v) is 5.74. The average molecular weight is 500 g/mol. The Bertz CT molecular complexity index is 1510. The van der Waals surface area contributed by atoms with Gasteiger partial charge in [0.05, 0.1) is 22.3 Å². The van der Waals surface area contributed by atoms with Crippen molar-refractivity contribution in [3.63, 3.8) is 0 Å². The van der Waals surface area contributed by atoms with Gasteiger partial charge in [0.15, 0.2) is 0 Å². The maximum Gasteiger partial charge on any atom is 0.257 e. The minimum Gasteiger partial charge on any atom is -0.323 e. The number of amides is 3. The van der Waals surface area contributed by atoms with Gasteiger partial charge < -0.3 is 4.90 Å². The summed E-state index contributed by atoms with van der Waals surface area (Å²) < 4.78 is 14.5. The van der Waals surface area contributed by atoms with Crippen molar-refractivity contribution in [2.24, 2.45) is 0 Å². The predicted molar refractivity (Wildman–Crippen MR) is 136 cm³/mol. The maximum absolute atomic E-state index is 13.4. The van der Waals surface area contributed by atoms with Crippen molar-refractivity contribution in [2.45, 2.75) is 38.3 Å². The Morgan fingerprint density at radius 1 is 1.03 bits per heavy atom. The Hall–Kier alpha value is -3.91. The topological polar surface area (TPSA) is 70.6 Å². The fraction of sp³-hybridized carbons (Fsp3) is 0.214. The zero-order chi connectivity index (χ0) is 25.0. The fourth-order valence-electron chi connectivity index (χ4n) is 4.67. The van der Waals surface area contributed by atoms with Crippen LogP contribution in [0.3, 0.4) is 0 Å². The lowest BCUT2D eigenvalue weighted by Crippen LogP contribution is -2.46. The van der Waals surface area contributed by atoms with Crippen LogP contribution < -0.4 is 4.90 Å². The summed E-state index contributed by atoms with van der Waals surface area (Å²) in [6.07, 6.45) is 1.49. The number of hydrogen-bond donors (Lipinski definition) is 0. The van der Waals surface area contributed by atoms with Crippen LogP contribution in [0.25, 0.3) is 20.8 Å². The monoisotopic (exact) mass is 499 g/mol. The molecule has 0 bridgehead atoms. The van der Waals surface area contributed by atoms with Crippen LogP contribution in [0, 0.1) is 12.7 Å². The van der Waals surface area contributed by atoms with E-state index in [1.54, 1.807) is 23.5 Å². The summed E-state index contributed by atoms with van der Waals surface area (Å²) in [4.78, 5) is 47.0. The molecule has 1 aliphatic heterocycles. The van der Waals surface area contributed by atoms with E-state index in [9.17, 15) is 18.8 Å². The molecular weight excluding hydrogens is 477 g/mol. The van der Waals surface area contributed by atoms with Crippen molar-refractivity contribution < 1.29 is 18.8 Å². The Morgan fingerprint density at radius 3 is 2.44 bits per heavy atom. The summed E-state index contributed by atoms with van der Waals surface area (Å²) in [7, 11) is 0. The first-order valence-corrected chi connectivity index (χ1v) is 12.6. The molecule has 1 unspecified atom stereocenters. The summed E-state index contributed by atoms with van der Waals surface area (Å²) in [5, 5.41) is 0.865. The molecule has 36 heavy (non-hydrogen) atoms. The first kappa shape index (κ1) is 22.5. The number of rotatable bonds is 5. The van der Waals surface area contributed by atoms with Crippen molar-refractivity contribution in [3.8, 4) is 10.6 Å². The van der Waals surface area contributed by atoms with E-state index in [-0.39, 0.29) is 24.3 Å². The molecule has 1 aromatic heterocycles. The molecule has 0 N–H and O–H groups in total. The second kappa shape index (κ2) is 8.64. The predicted octanol–water partition coefficient (Wildman–Crippen LogP) is 5.35. The van der Waals surface area contributed by atoms with Crippen LogP contribution >= 0.6 is 11.3 Å². The van der Waals surface area contributed by atoms with Crippen molar-refractivity contribution in [3.05, 3.63) is 83.7 Å². The van der Waals surface area contributed by atoms with Gasteiger partial charge in [-0.1, -0.05) is 6.07 Å². The van der Waals surface area contributed by atoms with E-state index in [1.165, 1.54) is 39.6 Å². The maximum atomic E-state index is 13.4. The number of aryl methyl sites for hydroxylation is 1. The molecule has 4 aromatic rings. The van der Waals surface area contributed by atoms with E-state index in [0.717, 1.165) is 33.6 Å². The molecule has 6 nitrogen and oxygen atoms in total. The van der Waals surface area contributed by atoms with Crippen LogP contribution in [0.2, 0.25) is 0 Å². The number of imide groups is 1. The molecule has 8 heteroatoms. The van der Waals surface area contributed by atoms with Gasteiger partial charge in [-0.05, 0) is 86.0 Å². The van der Waals surface area contributed by atoms with Gasteiger partial charge >= 0.3 is 0 Å². The van der Waals surface area contributed by atoms with E-state index < -0.39 is 17.8 Å². The van der Waals surface area contributed by atoms with Gasteiger partial charge in [0.25, 0.3) is 11.8 Å². The van der Waals surface area contributed by atoms with Crippen LogP contribution in [0.15, 0.2) is 66.7 Å². The minimum atomic E-state index is -0.866. The zero-order valence-corrected chi connectivity index (χ0v) is 20.3. The Balaban J connectivity index is 1.25. The second-order valence-electron chi connectivity index (χ2n) is 9.27. The largest absolute Gasteiger partial charge is 0.323 e. The van der Waals surface area contributed by atoms with E-state index in [0.29, 0.717) is 11.3 Å². The molecule has 1 atom stereocenters. The number of fused-ring (bicyclic) bond motifs is 1. The molecule has 1 aliphatic carbocycles. The third-order valence-electron chi connectivity index (χ3n) is 6.64. The van der Waals surface area contributed by atoms with E-state index in [1.807, 2.05) is 31.2 Å². The Morgan fingerprint density at radius 2 is 1.75 bits per heavy atom. The number of nitrogens with zero attached hydrogens (tertiary/aromatic N) is 3. The van der Waals surface area contributed by atoms with E-state index in [2.05, 4.69) is 6.07 Å². The number of halogens is 1. The lowest BCUT2D eigenvalue weighted by atomic mass is 10.1. The lowest BCUT2D eigenvalue weighted by molar-refractivity contribution is -0.122. The quantitative estimate of drug-likeness (QED) is 0.347. The molecule has 2 fully saturated rings. The van der Waals surface area contributed by atoms with Crippen LogP contribution in [0.1, 0.15) is 35.2 Å². The number of anilines is 1. The number of carbonyl (C=O) groups is 3. The second-order valence-corrected chi connectivity index (χ2v) is 10.3. The van der Waals surface area contributed by atoms with Gasteiger partial charge in [-0.3, -0.25) is 14.4 Å². The van der Waals surface area contributed by atoms with Crippen LogP contribution in [-0.4, -0.2) is 39.7 Å². The van der Waals surface area contributed by atoms with Gasteiger partial charge in [0, 0.05) is 17.2 Å². The SMILES string of the molecule is Cc1ccc2nc(-c3ccc(N4C(=O)CC(N(C(=O)c5ccc(F)cc5)C5CC5)C4=O)cc3)sc2c1. The highest BCUT2D eigenvalue weighted by molar-refractivity contribution is 7.21. The summed E-state index contributed by atoms with van der Waals surface area (Å²) in [6.45, 7) is 2.04. The lowest BCUT2D eigenvalue weighted by Gasteiger charge is -2.27. The van der Waals surface area contributed by atoms with Gasteiger partial charge in [-0.2, -0.15) is 0 Å². The smallest absolute Gasteiger partial charge is 0.257 e. The summed E-state index contributed by atoms with van der Waals surface area (Å²) in [5.41, 5.74) is 3.78. The Kier molecular flexibility index (Phi) is 5.41. The van der Waals surface area contributed by atoms with Crippen molar-refractivity contribution in [1.82, 2.24) is 9.88 Å². The average Bonchev–Trinajstić information content (AvgIpc) is 3.54. The molecule has 3 aromatic carbocycles. The summed E-state index contributed by atoms with van der Waals surface area (Å²) >= 11 is 1.59. The third-order valence-corrected chi connectivity index (χ3v) is 7.71. The standard InChI is InChI=1S/C28H22FN3O3S/c1-16-2-13-22-24(14-16)36-26(30-22)17-5-9-21(10-6-17)32-25(33)15-23(28(32)35)31(20-11-12-20)27(34)18-3-7-19(29)8-4-18/h2-10,13-14,20,23H,11-12,15H2,1H3. The molecule has 0 radical (unpaired) electrons.